The molecule has 6 nitrogen and oxygen atoms in total. The molecule has 2 aromatic carbocycles. The molecule has 6 heteroatoms. The lowest BCUT2D eigenvalue weighted by molar-refractivity contribution is -0.122. The molecular formula is C24H30N4O2. The summed E-state index contributed by atoms with van der Waals surface area (Å²) in [4.78, 5) is 17.3. The number of hydrogen-bond donors (Lipinski definition) is 2. The van der Waals surface area contributed by atoms with E-state index in [1.165, 1.54) is 5.56 Å². The molecule has 3 aromatic rings. The van der Waals surface area contributed by atoms with Crippen molar-refractivity contribution in [1.82, 2.24) is 15.2 Å². The number of H-pyrrole nitrogens is 1. The molecule has 0 aliphatic heterocycles. The molecule has 1 heterocycles. The minimum atomic E-state index is -0.656. The lowest BCUT2D eigenvalue weighted by Gasteiger charge is -2.20. The van der Waals surface area contributed by atoms with Crippen LogP contribution in [0, 0.1) is 0 Å². The van der Waals surface area contributed by atoms with Gasteiger partial charge < -0.3 is 10.1 Å². The molecule has 1 unspecified atom stereocenters. The second kappa shape index (κ2) is 8.69. The van der Waals surface area contributed by atoms with E-state index in [2.05, 4.69) is 41.3 Å². The van der Waals surface area contributed by atoms with Crippen molar-refractivity contribution in [3.63, 3.8) is 0 Å². The Morgan fingerprint density at radius 3 is 2.30 bits per heavy atom. The van der Waals surface area contributed by atoms with Crippen LogP contribution in [0.25, 0.3) is 11.4 Å². The summed E-state index contributed by atoms with van der Waals surface area (Å²) in [5.41, 5.74) is 2.69. The monoisotopic (exact) mass is 406 g/mol. The van der Waals surface area contributed by atoms with Crippen molar-refractivity contribution in [2.75, 3.05) is 5.32 Å². The van der Waals surface area contributed by atoms with Crippen molar-refractivity contribution in [3.05, 3.63) is 59.9 Å². The number of rotatable bonds is 6. The highest BCUT2D eigenvalue weighted by atomic mass is 16.5. The van der Waals surface area contributed by atoms with E-state index in [0.29, 0.717) is 17.3 Å². The number of nitrogens with zero attached hydrogens (tertiary/aromatic N) is 2. The smallest absolute Gasteiger partial charge is 0.265 e. The molecule has 0 bridgehead atoms. The number of aromatic amines is 1. The van der Waals surface area contributed by atoms with Gasteiger partial charge in [0.1, 0.15) is 11.6 Å². The molecule has 3 rings (SSSR count). The molecule has 0 aliphatic carbocycles. The topological polar surface area (TPSA) is 79.9 Å². The van der Waals surface area contributed by atoms with Crippen LogP contribution in [0.3, 0.4) is 0 Å². The van der Waals surface area contributed by atoms with Gasteiger partial charge in [0.15, 0.2) is 11.9 Å². The number of benzene rings is 2. The summed E-state index contributed by atoms with van der Waals surface area (Å²) in [7, 11) is 0. The number of nitrogens with one attached hydrogen (secondary N) is 2. The summed E-state index contributed by atoms with van der Waals surface area (Å²) < 4.78 is 5.85. The van der Waals surface area contributed by atoms with E-state index in [0.717, 1.165) is 11.4 Å². The van der Waals surface area contributed by atoms with Gasteiger partial charge >= 0.3 is 0 Å². The van der Waals surface area contributed by atoms with Crippen LogP contribution in [-0.4, -0.2) is 27.2 Å². The van der Waals surface area contributed by atoms with Gasteiger partial charge in [-0.15, -0.1) is 0 Å². The Hall–Kier alpha value is -3.15. The van der Waals surface area contributed by atoms with Crippen molar-refractivity contribution in [2.24, 2.45) is 0 Å². The second-order valence-corrected chi connectivity index (χ2v) is 8.77. The van der Waals surface area contributed by atoms with Crippen molar-refractivity contribution >= 4 is 11.6 Å². The molecule has 0 spiro atoms. The first-order valence-corrected chi connectivity index (χ1v) is 10.2. The van der Waals surface area contributed by atoms with Crippen LogP contribution in [-0.2, 0) is 10.2 Å². The number of hydrogen-bond acceptors (Lipinski definition) is 4. The molecule has 30 heavy (non-hydrogen) atoms. The van der Waals surface area contributed by atoms with E-state index in [1.54, 1.807) is 6.92 Å². The Morgan fingerprint density at radius 1 is 1.03 bits per heavy atom. The van der Waals surface area contributed by atoms with Gasteiger partial charge in [-0.25, -0.2) is 4.98 Å². The maximum Gasteiger partial charge on any atom is 0.265 e. The molecule has 2 N–H and O–H groups in total. The Morgan fingerprint density at radius 2 is 1.70 bits per heavy atom. The van der Waals surface area contributed by atoms with Crippen LogP contribution >= 0.6 is 0 Å². The third-order valence-corrected chi connectivity index (χ3v) is 4.88. The van der Waals surface area contributed by atoms with Crippen molar-refractivity contribution < 1.29 is 9.53 Å². The summed E-state index contributed by atoms with van der Waals surface area (Å²) in [5, 5.41) is 10.2. The maximum atomic E-state index is 12.8. The van der Waals surface area contributed by atoms with Crippen molar-refractivity contribution in [2.45, 2.75) is 59.0 Å². The molecular weight excluding hydrogens is 376 g/mol. The lowest BCUT2D eigenvalue weighted by atomic mass is 9.87. The van der Waals surface area contributed by atoms with Gasteiger partial charge in [-0.3, -0.25) is 9.89 Å². The predicted octanol–water partition coefficient (Wildman–Crippen LogP) is 5.30. The third-order valence-electron chi connectivity index (χ3n) is 4.88. The number of carbonyl (C=O) groups is 1. The summed E-state index contributed by atoms with van der Waals surface area (Å²) >= 11 is 0. The zero-order chi connectivity index (χ0) is 21.9. The first kappa shape index (κ1) is 21.6. The molecule has 0 radical (unpaired) electrons. The van der Waals surface area contributed by atoms with Crippen molar-refractivity contribution in [1.29, 1.82) is 0 Å². The average molecular weight is 407 g/mol. The largest absolute Gasteiger partial charge is 0.481 e. The van der Waals surface area contributed by atoms with Crippen LogP contribution in [0.2, 0.25) is 0 Å². The second-order valence-electron chi connectivity index (χ2n) is 8.77. The van der Waals surface area contributed by atoms with E-state index in [4.69, 9.17) is 4.74 Å². The van der Waals surface area contributed by atoms with Crippen LogP contribution in [0.4, 0.5) is 5.69 Å². The number of ether oxygens (including phenoxy) is 1. The molecule has 0 saturated heterocycles. The van der Waals surface area contributed by atoms with E-state index < -0.39 is 6.10 Å². The SMILES string of the molecule is CC(Oc1ccc(C(C)(C)C)cc1)C(=O)Nc1ccccc1-c1n[nH]c(C(C)C)n1. The number of amides is 1. The first-order valence-electron chi connectivity index (χ1n) is 10.2. The van der Waals surface area contributed by atoms with E-state index in [9.17, 15) is 4.79 Å². The van der Waals surface area contributed by atoms with Gasteiger partial charge in [-0.1, -0.05) is 58.9 Å². The fourth-order valence-electron chi connectivity index (χ4n) is 2.97. The van der Waals surface area contributed by atoms with Crippen LogP contribution in [0.5, 0.6) is 5.75 Å². The third kappa shape index (κ3) is 5.06. The van der Waals surface area contributed by atoms with E-state index >= 15 is 0 Å². The number of para-hydroxylation sites is 1. The molecule has 1 aromatic heterocycles. The zero-order valence-corrected chi connectivity index (χ0v) is 18.5. The lowest BCUT2D eigenvalue weighted by Crippen LogP contribution is -2.30. The fourth-order valence-corrected chi connectivity index (χ4v) is 2.97. The normalized spacial score (nSPS) is 12.6. The summed E-state index contributed by atoms with van der Waals surface area (Å²) in [6.45, 7) is 12.3. The quantitative estimate of drug-likeness (QED) is 0.582. The van der Waals surface area contributed by atoms with Crippen molar-refractivity contribution in [3.8, 4) is 17.1 Å². The fraction of sp³-hybridized carbons (Fsp3) is 0.375. The molecule has 1 amide bonds. The predicted molar refractivity (Wildman–Crippen MR) is 120 cm³/mol. The highest BCUT2D eigenvalue weighted by Gasteiger charge is 2.19. The highest BCUT2D eigenvalue weighted by Crippen LogP contribution is 2.27. The summed E-state index contributed by atoms with van der Waals surface area (Å²) in [6.07, 6.45) is -0.656. The molecule has 158 valence electrons. The van der Waals surface area contributed by atoms with Gasteiger partial charge in [-0.05, 0) is 42.2 Å². The molecule has 1 atom stereocenters. The van der Waals surface area contributed by atoms with Gasteiger partial charge in [-0.2, -0.15) is 5.10 Å². The van der Waals surface area contributed by atoms with Crippen LogP contribution < -0.4 is 10.1 Å². The Balaban J connectivity index is 1.71. The maximum absolute atomic E-state index is 12.8. The number of aromatic nitrogens is 3. The van der Waals surface area contributed by atoms with Crippen LogP contribution in [0.15, 0.2) is 48.5 Å². The zero-order valence-electron chi connectivity index (χ0n) is 18.5. The Kier molecular flexibility index (Phi) is 6.25. The van der Waals surface area contributed by atoms with Crippen LogP contribution in [0.1, 0.15) is 58.8 Å². The van der Waals surface area contributed by atoms with E-state index in [1.807, 2.05) is 62.4 Å². The number of anilines is 1. The summed E-state index contributed by atoms with van der Waals surface area (Å²) in [5.74, 6) is 2.03. The Bertz CT molecular complexity index is 1000. The average Bonchev–Trinajstić information content (AvgIpc) is 3.18. The van der Waals surface area contributed by atoms with E-state index in [-0.39, 0.29) is 17.2 Å². The Labute approximate surface area is 178 Å². The van der Waals surface area contributed by atoms with Gasteiger partial charge in [0.2, 0.25) is 0 Å². The van der Waals surface area contributed by atoms with Gasteiger partial charge in [0.25, 0.3) is 5.91 Å². The standard InChI is InChI=1S/C24H30N4O2/c1-15(2)21-26-22(28-27-21)19-9-7-8-10-20(19)25-23(29)16(3)30-18-13-11-17(12-14-18)24(4,5)6/h7-16H,1-6H3,(H,25,29)(H,26,27,28). The highest BCUT2D eigenvalue weighted by molar-refractivity contribution is 5.97. The number of carbonyl (C=O) groups excluding carboxylic acids is 1. The minimum absolute atomic E-state index is 0.0704. The van der Waals surface area contributed by atoms with Gasteiger partial charge in [0, 0.05) is 11.5 Å². The molecule has 0 fully saturated rings. The minimum Gasteiger partial charge on any atom is -0.481 e. The molecule has 0 aliphatic rings. The van der Waals surface area contributed by atoms with Gasteiger partial charge in [0.05, 0.1) is 5.69 Å². The summed E-state index contributed by atoms with van der Waals surface area (Å²) in [6, 6.07) is 15.4. The first-order chi connectivity index (χ1) is 14.1. The molecule has 0 saturated carbocycles.